The second-order valence-corrected chi connectivity index (χ2v) is 16.6. The standard InChI is InChI=1S/C33H40NO9PS2/c1-4-6-13-23-42-44(36,43-24-14-7-5-2)33(34-46(39,40)28-21-19-26(41-3)20-22-28)25-31(32(35)29-17-11-12-18-30(29)33)45(37,38)27-15-9-8-10-16-27/h8-12,15-22,25,34H,4-7,13-14,23-24H2,1-3H3. The second-order valence-electron chi connectivity index (χ2n) is 10.8. The van der Waals surface area contributed by atoms with Crippen molar-refractivity contribution in [2.45, 2.75) is 67.4 Å². The van der Waals surface area contributed by atoms with Gasteiger partial charge in [-0.05, 0) is 55.3 Å². The van der Waals surface area contributed by atoms with E-state index in [9.17, 15) is 21.6 Å². The number of ether oxygens (including phenoxy) is 1. The molecule has 10 nitrogen and oxygen atoms in total. The van der Waals surface area contributed by atoms with Gasteiger partial charge in [-0.1, -0.05) is 82.0 Å². The van der Waals surface area contributed by atoms with E-state index in [1.54, 1.807) is 12.1 Å². The van der Waals surface area contributed by atoms with Crippen molar-refractivity contribution in [2.75, 3.05) is 20.3 Å². The molecule has 1 unspecified atom stereocenters. The fourth-order valence-electron chi connectivity index (χ4n) is 5.11. The molecule has 0 saturated heterocycles. The van der Waals surface area contributed by atoms with Gasteiger partial charge in [-0.25, -0.2) is 16.8 Å². The van der Waals surface area contributed by atoms with Gasteiger partial charge < -0.3 is 13.8 Å². The van der Waals surface area contributed by atoms with Crippen LogP contribution < -0.4 is 9.46 Å². The van der Waals surface area contributed by atoms with Gasteiger partial charge in [0.05, 0.1) is 30.1 Å². The number of sulfonamides is 1. The van der Waals surface area contributed by atoms with Crippen molar-refractivity contribution in [1.82, 2.24) is 4.72 Å². The highest BCUT2D eigenvalue weighted by Gasteiger charge is 2.58. The molecule has 4 rings (SSSR count). The number of sulfone groups is 1. The number of benzene rings is 3. The van der Waals surface area contributed by atoms with Gasteiger partial charge in [-0.15, -0.1) is 0 Å². The largest absolute Gasteiger partial charge is 0.497 e. The maximum absolute atomic E-state index is 15.4. The highest BCUT2D eigenvalue weighted by molar-refractivity contribution is 7.96. The monoisotopic (exact) mass is 689 g/mol. The number of hydrogen-bond acceptors (Lipinski definition) is 9. The van der Waals surface area contributed by atoms with Crippen molar-refractivity contribution < 1.29 is 40.0 Å². The molecule has 3 aromatic rings. The summed E-state index contributed by atoms with van der Waals surface area (Å²) in [5, 5.41) is -2.44. The number of unbranched alkanes of at least 4 members (excludes halogenated alkanes) is 4. The summed E-state index contributed by atoms with van der Waals surface area (Å²) in [6, 6.07) is 18.7. The number of allylic oxidation sites excluding steroid dienone is 1. The Labute approximate surface area is 271 Å². The van der Waals surface area contributed by atoms with Crippen molar-refractivity contribution in [3.05, 3.63) is 101 Å². The zero-order valence-electron chi connectivity index (χ0n) is 26.2. The van der Waals surface area contributed by atoms with Crippen LogP contribution in [0.5, 0.6) is 5.75 Å². The average molecular weight is 690 g/mol. The van der Waals surface area contributed by atoms with Gasteiger partial charge in [0.2, 0.25) is 25.6 Å². The van der Waals surface area contributed by atoms with Crippen molar-refractivity contribution in [2.24, 2.45) is 0 Å². The highest BCUT2D eigenvalue weighted by Crippen LogP contribution is 2.67. The molecule has 0 spiro atoms. The SMILES string of the molecule is CCCCCOP(=O)(OCCCCC)C1(NS(=O)(=O)c2ccc(OC)cc2)C=C(S(=O)(=O)c2ccccc2)C(=O)c2ccccc21. The minimum absolute atomic E-state index is 0.0431. The predicted molar refractivity (Wildman–Crippen MR) is 176 cm³/mol. The Balaban J connectivity index is 2.04. The lowest BCUT2D eigenvalue weighted by atomic mass is 9.92. The molecule has 0 aromatic heterocycles. The number of fused-ring (bicyclic) bond motifs is 1. The summed E-state index contributed by atoms with van der Waals surface area (Å²) in [6.45, 7) is 3.85. The van der Waals surface area contributed by atoms with Crippen LogP contribution in [0.25, 0.3) is 0 Å². The minimum Gasteiger partial charge on any atom is -0.497 e. The molecule has 1 aliphatic rings. The topological polar surface area (TPSA) is 142 Å². The number of rotatable bonds is 17. The van der Waals surface area contributed by atoms with Crippen molar-refractivity contribution in [3.63, 3.8) is 0 Å². The average Bonchev–Trinajstić information content (AvgIpc) is 3.06. The van der Waals surface area contributed by atoms with Crippen LogP contribution in [-0.2, 0) is 38.8 Å². The third kappa shape index (κ3) is 7.38. The van der Waals surface area contributed by atoms with Crippen LogP contribution in [0.4, 0.5) is 0 Å². The molecule has 3 aromatic carbocycles. The molecule has 1 atom stereocenters. The Morgan fingerprint density at radius 1 is 0.739 bits per heavy atom. The van der Waals surface area contributed by atoms with Crippen LogP contribution in [0.3, 0.4) is 0 Å². The zero-order valence-corrected chi connectivity index (χ0v) is 28.7. The molecule has 1 aliphatic carbocycles. The van der Waals surface area contributed by atoms with Gasteiger partial charge in [0.1, 0.15) is 10.7 Å². The maximum atomic E-state index is 15.4. The summed E-state index contributed by atoms with van der Waals surface area (Å²) >= 11 is 0. The first-order valence-corrected chi connectivity index (χ1v) is 19.7. The van der Waals surface area contributed by atoms with E-state index in [4.69, 9.17) is 13.8 Å². The molecular formula is C33H40NO9PS2. The minimum atomic E-state index is -4.70. The number of carbonyl (C=O) groups is 1. The van der Waals surface area contributed by atoms with Crippen LogP contribution >= 0.6 is 7.60 Å². The molecule has 0 radical (unpaired) electrons. The molecule has 0 fully saturated rings. The third-order valence-corrected chi connectivity index (χ3v) is 13.4. The summed E-state index contributed by atoms with van der Waals surface area (Å²) < 4.78 is 91.7. The fourth-order valence-corrected chi connectivity index (χ4v) is 10.6. The second kappa shape index (κ2) is 15.2. The van der Waals surface area contributed by atoms with Gasteiger partial charge in [0.15, 0.2) is 5.28 Å². The number of carbonyl (C=O) groups excluding carboxylic acids is 1. The summed E-state index contributed by atoms with van der Waals surface area (Å²) in [5.41, 5.74) is -0.190. The summed E-state index contributed by atoms with van der Waals surface area (Å²) in [4.78, 5) is 12.8. The maximum Gasteiger partial charge on any atom is 0.360 e. The van der Waals surface area contributed by atoms with Crippen molar-refractivity contribution >= 4 is 33.2 Å². The molecule has 0 heterocycles. The molecule has 0 saturated carbocycles. The Morgan fingerprint density at radius 3 is 1.87 bits per heavy atom. The first-order valence-electron chi connectivity index (χ1n) is 15.2. The van der Waals surface area contributed by atoms with Crippen LogP contribution in [-0.4, -0.2) is 42.9 Å². The van der Waals surface area contributed by atoms with Crippen molar-refractivity contribution in [1.29, 1.82) is 0 Å². The first-order chi connectivity index (χ1) is 22.0. The van der Waals surface area contributed by atoms with E-state index in [1.807, 2.05) is 13.8 Å². The van der Waals surface area contributed by atoms with Gasteiger partial charge in [-0.3, -0.25) is 9.36 Å². The Morgan fingerprint density at radius 2 is 1.30 bits per heavy atom. The van der Waals surface area contributed by atoms with Crippen LogP contribution in [0.1, 0.15) is 68.3 Å². The van der Waals surface area contributed by atoms with E-state index >= 15 is 4.57 Å². The van der Waals surface area contributed by atoms with E-state index in [0.29, 0.717) is 18.6 Å². The quantitative estimate of drug-likeness (QED) is 0.117. The summed E-state index contributed by atoms with van der Waals surface area (Å²) in [5.74, 6) is -0.468. The number of nitrogens with one attached hydrogen (secondary N) is 1. The number of Topliss-reactive ketones (excluding diaryl/α,β-unsaturated/α-hetero) is 1. The van der Waals surface area contributed by atoms with Gasteiger partial charge in [0.25, 0.3) is 0 Å². The van der Waals surface area contributed by atoms with Gasteiger partial charge in [0, 0.05) is 11.1 Å². The molecule has 0 amide bonds. The first kappa shape index (κ1) is 35.7. The van der Waals surface area contributed by atoms with Crippen LogP contribution in [0.2, 0.25) is 0 Å². The van der Waals surface area contributed by atoms with E-state index in [-0.39, 0.29) is 34.1 Å². The van der Waals surface area contributed by atoms with E-state index < -0.39 is 43.4 Å². The van der Waals surface area contributed by atoms with Gasteiger partial charge >= 0.3 is 7.60 Å². The molecular weight excluding hydrogens is 649 g/mol. The Kier molecular flexibility index (Phi) is 11.8. The molecule has 46 heavy (non-hydrogen) atoms. The molecule has 1 N–H and O–H groups in total. The van der Waals surface area contributed by atoms with E-state index in [1.165, 1.54) is 73.8 Å². The van der Waals surface area contributed by atoms with Crippen molar-refractivity contribution in [3.8, 4) is 5.75 Å². The van der Waals surface area contributed by atoms with Crippen LogP contribution in [0, 0.1) is 0 Å². The lowest BCUT2D eigenvalue weighted by Gasteiger charge is -2.40. The molecule has 0 aliphatic heterocycles. The number of methoxy groups -OCH3 is 1. The van der Waals surface area contributed by atoms with Crippen LogP contribution in [0.15, 0.2) is 99.6 Å². The highest BCUT2D eigenvalue weighted by atomic mass is 32.2. The Bertz CT molecular complexity index is 1790. The lowest BCUT2D eigenvalue weighted by molar-refractivity contribution is 0.103. The van der Waals surface area contributed by atoms with E-state index in [2.05, 4.69) is 4.72 Å². The smallest absolute Gasteiger partial charge is 0.360 e. The fraction of sp³-hybridized carbons (Fsp3) is 0.364. The summed E-state index contributed by atoms with van der Waals surface area (Å²) in [7, 11) is -12.4. The molecule has 248 valence electrons. The summed E-state index contributed by atoms with van der Waals surface area (Å²) in [6.07, 6.45) is 5.02. The molecule has 0 bridgehead atoms. The number of ketones is 1. The lowest BCUT2D eigenvalue weighted by Crippen LogP contribution is -2.48. The predicted octanol–water partition coefficient (Wildman–Crippen LogP) is 6.99. The normalized spacial score (nSPS) is 16.9. The molecule has 13 heteroatoms. The Hall–Kier alpha value is -3.12. The third-order valence-electron chi connectivity index (χ3n) is 7.60. The zero-order chi connectivity index (χ0) is 33.4. The van der Waals surface area contributed by atoms with Gasteiger partial charge in [-0.2, -0.15) is 4.72 Å². The van der Waals surface area contributed by atoms with E-state index in [0.717, 1.165) is 31.8 Å². The number of hydrogen-bond donors (Lipinski definition) is 1.